The lowest BCUT2D eigenvalue weighted by Gasteiger charge is -2.40. The highest BCUT2D eigenvalue weighted by Gasteiger charge is 2.65. The molecule has 1 aliphatic heterocycles. The Morgan fingerprint density at radius 1 is 0.933 bits per heavy atom. The first-order chi connectivity index (χ1) is 14.6. The molecule has 6 heteroatoms. The van der Waals surface area contributed by atoms with Crippen LogP contribution >= 0.6 is 0 Å². The van der Waals surface area contributed by atoms with Gasteiger partial charge in [0.1, 0.15) is 0 Å². The van der Waals surface area contributed by atoms with Gasteiger partial charge in [0.05, 0.1) is 26.7 Å². The summed E-state index contributed by atoms with van der Waals surface area (Å²) >= 11 is 0. The molecule has 4 rings (SSSR count). The quantitative estimate of drug-likeness (QED) is 0.441. The average molecular weight is 406 g/mol. The van der Waals surface area contributed by atoms with Crippen molar-refractivity contribution < 1.29 is 28.6 Å². The van der Waals surface area contributed by atoms with Crippen molar-refractivity contribution in [1.82, 2.24) is 0 Å². The van der Waals surface area contributed by atoms with Gasteiger partial charge in [0, 0.05) is 5.92 Å². The molecule has 1 aliphatic carbocycles. The molecule has 0 aromatic heterocycles. The monoisotopic (exact) mass is 406 g/mol. The van der Waals surface area contributed by atoms with Gasteiger partial charge in [-0.15, -0.1) is 0 Å². The van der Waals surface area contributed by atoms with Crippen molar-refractivity contribution in [3.63, 3.8) is 0 Å². The minimum Gasteiger partial charge on any atom is -0.469 e. The predicted molar refractivity (Wildman–Crippen MR) is 109 cm³/mol. The number of fused-ring (bicyclic) bond motifs is 1. The van der Waals surface area contributed by atoms with E-state index in [-0.39, 0.29) is 13.0 Å². The van der Waals surface area contributed by atoms with Crippen molar-refractivity contribution in [1.29, 1.82) is 0 Å². The Labute approximate surface area is 174 Å². The molecule has 1 unspecified atom stereocenters. The predicted octanol–water partition coefficient (Wildman–Crippen LogP) is 3.12. The van der Waals surface area contributed by atoms with Crippen molar-refractivity contribution >= 4 is 29.1 Å². The largest absolute Gasteiger partial charge is 0.469 e. The summed E-state index contributed by atoms with van der Waals surface area (Å²) in [5.41, 5.74) is 0.822. The fourth-order valence-corrected chi connectivity index (χ4v) is 4.74. The first kappa shape index (κ1) is 19.9. The maximum atomic E-state index is 13.2. The first-order valence-electron chi connectivity index (χ1n) is 9.74. The summed E-state index contributed by atoms with van der Waals surface area (Å²) in [6.07, 6.45) is 0.244. The van der Waals surface area contributed by atoms with Crippen LogP contribution in [0.1, 0.15) is 17.5 Å². The van der Waals surface area contributed by atoms with Crippen LogP contribution in [0.3, 0.4) is 0 Å². The number of ether oxygens (including phenoxy) is 3. The number of hydrogen-bond acceptors (Lipinski definition) is 6. The summed E-state index contributed by atoms with van der Waals surface area (Å²) in [5, 5.41) is 0. The third-order valence-electron chi connectivity index (χ3n) is 6.02. The van der Waals surface area contributed by atoms with E-state index in [1.54, 1.807) is 0 Å². The van der Waals surface area contributed by atoms with Crippen LogP contribution in [-0.4, -0.2) is 38.7 Å². The van der Waals surface area contributed by atoms with E-state index < -0.39 is 35.2 Å². The van der Waals surface area contributed by atoms with Crippen molar-refractivity contribution in [2.75, 3.05) is 20.8 Å². The zero-order valence-electron chi connectivity index (χ0n) is 16.8. The maximum Gasteiger partial charge on any atom is 0.328 e. The Morgan fingerprint density at radius 2 is 1.53 bits per heavy atom. The lowest BCUT2D eigenvalue weighted by molar-refractivity contribution is -0.161. The summed E-state index contributed by atoms with van der Waals surface area (Å²) in [6, 6.07) is 18.4. The number of hydrogen-bond donors (Lipinski definition) is 0. The molecule has 0 saturated carbocycles. The van der Waals surface area contributed by atoms with E-state index >= 15 is 0 Å². The van der Waals surface area contributed by atoms with Crippen molar-refractivity contribution in [2.24, 2.45) is 17.3 Å². The van der Waals surface area contributed by atoms with Crippen molar-refractivity contribution in [2.45, 2.75) is 6.42 Å². The van der Waals surface area contributed by atoms with Gasteiger partial charge in [-0.25, -0.2) is 0 Å². The van der Waals surface area contributed by atoms with Gasteiger partial charge in [-0.2, -0.15) is 0 Å². The molecular weight excluding hydrogens is 384 g/mol. The Bertz CT molecular complexity index is 1010. The van der Waals surface area contributed by atoms with Gasteiger partial charge in [0.15, 0.2) is 5.41 Å². The summed E-state index contributed by atoms with van der Waals surface area (Å²) in [5.74, 6) is -2.92. The van der Waals surface area contributed by atoms with E-state index in [1.807, 2.05) is 60.7 Å². The van der Waals surface area contributed by atoms with Gasteiger partial charge in [-0.1, -0.05) is 60.7 Å². The molecule has 2 aromatic rings. The molecule has 1 saturated heterocycles. The van der Waals surface area contributed by atoms with Crippen LogP contribution in [0.2, 0.25) is 0 Å². The lowest BCUT2D eigenvalue weighted by Crippen LogP contribution is -2.48. The number of methoxy groups -OCH3 is 2. The highest BCUT2D eigenvalue weighted by molar-refractivity contribution is 6.20. The highest BCUT2D eigenvalue weighted by atomic mass is 16.6. The number of benzene rings is 2. The van der Waals surface area contributed by atoms with E-state index in [4.69, 9.17) is 14.2 Å². The van der Waals surface area contributed by atoms with Crippen LogP contribution in [0.25, 0.3) is 11.1 Å². The Kier molecular flexibility index (Phi) is 5.16. The van der Waals surface area contributed by atoms with Gasteiger partial charge in [-0.05, 0) is 28.7 Å². The molecule has 6 nitrogen and oxygen atoms in total. The maximum absolute atomic E-state index is 13.2. The van der Waals surface area contributed by atoms with Crippen molar-refractivity contribution in [3.05, 3.63) is 71.8 Å². The van der Waals surface area contributed by atoms with Crippen LogP contribution in [0, 0.1) is 17.3 Å². The van der Waals surface area contributed by atoms with Gasteiger partial charge in [0.25, 0.3) is 0 Å². The van der Waals surface area contributed by atoms with Crippen LogP contribution in [0.5, 0.6) is 0 Å². The molecule has 30 heavy (non-hydrogen) atoms. The molecule has 0 amide bonds. The van der Waals surface area contributed by atoms with Gasteiger partial charge >= 0.3 is 17.9 Å². The zero-order chi connectivity index (χ0) is 21.3. The summed E-state index contributed by atoms with van der Waals surface area (Å²) in [4.78, 5) is 39.2. The Balaban J connectivity index is 2.14. The van der Waals surface area contributed by atoms with Crippen molar-refractivity contribution in [3.8, 4) is 0 Å². The Morgan fingerprint density at radius 3 is 2.10 bits per heavy atom. The molecule has 2 aromatic carbocycles. The number of rotatable bonds is 4. The molecule has 2 aliphatic rings. The first-order valence-corrected chi connectivity index (χ1v) is 9.74. The second-order valence-corrected chi connectivity index (χ2v) is 7.43. The molecular formula is C24H22O6. The number of carbonyl (C=O) groups is 3. The molecule has 0 bridgehead atoms. The molecule has 154 valence electrons. The molecule has 3 atom stereocenters. The highest BCUT2D eigenvalue weighted by Crippen LogP contribution is 2.58. The molecule has 1 heterocycles. The summed E-state index contributed by atoms with van der Waals surface area (Å²) in [6.45, 7) is 0.0415. The van der Waals surface area contributed by atoms with E-state index in [9.17, 15) is 14.4 Å². The summed E-state index contributed by atoms with van der Waals surface area (Å²) in [7, 11) is 2.60. The third kappa shape index (κ3) is 2.83. The SMILES string of the molecule is COC(=O)[C@H]1CC2COC(=O)[C@@]2(C(=O)OC)C(c2ccccc2)=C1c1ccccc1. The lowest BCUT2D eigenvalue weighted by atomic mass is 9.58. The fourth-order valence-electron chi connectivity index (χ4n) is 4.74. The third-order valence-corrected chi connectivity index (χ3v) is 6.02. The standard InChI is InChI=1S/C24H22O6/c1-28-21(25)18-13-17-14-30-23(27)24(17,22(26)29-2)20(16-11-7-4-8-12-16)19(18)15-9-5-3-6-10-15/h3-12,17-18H,13-14H2,1-2H3/t17?,18-,24+/m0/s1. The topological polar surface area (TPSA) is 78.9 Å². The number of carbonyl (C=O) groups excluding carboxylic acids is 3. The minimum absolute atomic E-state index is 0.0415. The van der Waals surface area contributed by atoms with Crippen LogP contribution < -0.4 is 0 Å². The Hall–Kier alpha value is -3.41. The molecule has 0 radical (unpaired) electrons. The molecule has 0 N–H and O–H groups in total. The minimum atomic E-state index is -1.63. The van der Waals surface area contributed by atoms with Gasteiger partial charge in [0.2, 0.25) is 0 Å². The molecule has 0 spiro atoms. The second-order valence-electron chi connectivity index (χ2n) is 7.43. The zero-order valence-corrected chi connectivity index (χ0v) is 16.8. The smallest absolute Gasteiger partial charge is 0.328 e. The van der Waals surface area contributed by atoms with E-state index in [0.717, 1.165) is 5.56 Å². The van der Waals surface area contributed by atoms with E-state index in [2.05, 4.69) is 0 Å². The van der Waals surface area contributed by atoms with Crippen LogP contribution in [0.4, 0.5) is 0 Å². The normalized spacial score (nSPS) is 25.3. The fraction of sp³-hybridized carbons (Fsp3) is 0.292. The van der Waals surface area contributed by atoms with Crippen LogP contribution in [-0.2, 0) is 28.6 Å². The molecule has 1 fully saturated rings. The van der Waals surface area contributed by atoms with Gasteiger partial charge in [-0.3, -0.25) is 14.4 Å². The average Bonchev–Trinajstić information content (AvgIpc) is 3.14. The van der Waals surface area contributed by atoms with Gasteiger partial charge < -0.3 is 14.2 Å². The number of esters is 3. The van der Waals surface area contributed by atoms with E-state index in [1.165, 1.54) is 14.2 Å². The second kappa shape index (κ2) is 7.78. The van der Waals surface area contributed by atoms with Crippen LogP contribution in [0.15, 0.2) is 60.7 Å². The van der Waals surface area contributed by atoms with E-state index in [0.29, 0.717) is 16.7 Å². The summed E-state index contributed by atoms with van der Waals surface area (Å²) < 4.78 is 15.6. The number of cyclic esters (lactones) is 1.